The molecule has 4 aromatic rings. The number of rotatable bonds is 2. The molecule has 2 aromatic carbocycles. The number of aromatic amines is 1. The first kappa shape index (κ1) is 17.5. The molecule has 2 aromatic heterocycles. The highest BCUT2D eigenvalue weighted by molar-refractivity contribution is 7.23. The van der Waals surface area contributed by atoms with Crippen molar-refractivity contribution in [1.82, 2.24) is 9.97 Å². The molecule has 0 radical (unpaired) electrons. The first-order valence-corrected chi connectivity index (χ1v) is 9.92. The zero-order chi connectivity index (χ0) is 19.5. The minimum Gasteiger partial charge on any atom is -0.393 e. The van der Waals surface area contributed by atoms with Crippen molar-refractivity contribution in [2.45, 2.75) is 18.4 Å². The number of hydrogen-bond donors (Lipinski definition) is 3. The van der Waals surface area contributed by atoms with Gasteiger partial charge in [0.1, 0.15) is 5.82 Å². The van der Waals surface area contributed by atoms with Crippen molar-refractivity contribution < 1.29 is 14.6 Å². The lowest BCUT2D eigenvalue weighted by molar-refractivity contribution is -0.0325. The second-order valence-corrected chi connectivity index (χ2v) is 8.31. The maximum absolute atomic E-state index is 13.9. The van der Waals surface area contributed by atoms with E-state index in [0.717, 1.165) is 26.1 Å². The number of aliphatic hydroxyl groups is 2. The fraction of sp³-hybridized carbons (Fsp3) is 0.300. The van der Waals surface area contributed by atoms with Gasteiger partial charge < -0.3 is 20.1 Å². The van der Waals surface area contributed by atoms with E-state index >= 15 is 0 Å². The van der Waals surface area contributed by atoms with Gasteiger partial charge in [-0.2, -0.15) is 0 Å². The number of H-pyrrole nitrogens is 1. The van der Waals surface area contributed by atoms with Crippen LogP contribution in [-0.2, 0) is 0 Å². The molecule has 0 aliphatic carbocycles. The van der Waals surface area contributed by atoms with E-state index in [0.29, 0.717) is 36.7 Å². The van der Waals surface area contributed by atoms with Gasteiger partial charge in [0.15, 0.2) is 5.13 Å². The van der Waals surface area contributed by atoms with Crippen molar-refractivity contribution in [2.24, 2.45) is 0 Å². The zero-order valence-corrected chi connectivity index (χ0v) is 15.7. The van der Waals surface area contributed by atoms with Gasteiger partial charge in [-0.15, -0.1) is 0 Å². The predicted octanol–water partition coefficient (Wildman–Crippen LogP) is 2.75. The van der Waals surface area contributed by atoms with E-state index < -0.39 is 11.4 Å². The molecular formula is C20H18FN3O3S. The van der Waals surface area contributed by atoms with Gasteiger partial charge in [0.05, 0.1) is 27.8 Å². The summed E-state index contributed by atoms with van der Waals surface area (Å²) in [6, 6.07) is 6.26. The number of piperidine rings is 1. The van der Waals surface area contributed by atoms with E-state index in [1.54, 1.807) is 12.3 Å². The fourth-order valence-corrected chi connectivity index (χ4v) is 5.11. The smallest absolute Gasteiger partial charge is 0.256 e. The van der Waals surface area contributed by atoms with Crippen LogP contribution < -0.4 is 10.5 Å². The highest BCUT2D eigenvalue weighted by atomic mass is 32.1. The highest BCUT2D eigenvalue weighted by Gasteiger charge is 2.32. The molecule has 0 saturated carbocycles. The number of aromatic nitrogens is 2. The van der Waals surface area contributed by atoms with Crippen molar-refractivity contribution in [2.75, 3.05) is 24.6 Å². The van der Waals surface area contributed by atoms with Gasteiger partial charge in [-0.05, 0) is 37.1 Å². The SMILES string of the molecule is O=c1[nH]ccc2c3sc(N4CCC(O)(CO)CC4)nc3c3ccc(F)cc3c12. The second kappa shape index (κ2) is 6.23. The average Bonchev–Trinajstić information content (AvgIpc) is 3.14. The largest absolute Gasteiger partial charge is 0.393 e. The predicted molar refractivity (Wildman–Crippen MR) is 109 cm³/mol. The first-order valence-electron chi connectivity index (χ1n) is 9.10. The average molecular weight is 399 g/mol. The van der Waals surface area contributed by atoms with E-state index in [-0.39, 0.29) is 12.2 Å². The summed E-state index contributed by atoms with van der Waals surface area (Å²) in [5, 5.41) is 22.9. The number of fused-ring (bicyclic) bond motifs is 6. The number of pyridine rings is 1. The monoisotopic (exact) mass is 399 g/mol. The number of nitrogens with zero attached hydrogens (tertiary/aromatic N) is 2. The van der Waals surface area contributed by atoms with Crippen LogP contribution in [0.1, 0.15) is 12.8 Å². The molecule has 0 amide bonds. The molecule has 1 saturated heterocycles. The summed E-state index contributed by atoms with van der Waals surface area (Å²) < 4.78 is 14.8. The number of thiazole rings is 1. The van der Waals surface area contributed by atoms with Crippen molar-refractivity contribution in [3.63, 3.8) is 0 Å². The summed E-state index contributed by atoms with van der Waals surface area (Å²) in [5.41, 5.74) is -0.538. The molecular weight excluding hydrogens is 381 g/mol. The molecule has 0 spiro atoms. The highest BCUT2D eigenvalue weighted by Crippen LogP contribution is 2.40. The van der Waals surface area contributed by atoms with Crippen molar-refractivity contribution in [3.8, 4) is 0 Å². The molecule has 8 heteroatoms. The van der Waals surface area contributed by atoms with Gasteiger partial charge in [-0.1, -0.05) is 11.3 Å². The topological polar surface area (TPSA) is 89.5 Å². The summed E-state index contributed by atoms with van der Waals surface area (Å²) in [6.45, 7) is 0.925. The summed E-state index contributed by atoms with van der Waals surface area (Å²) in [4.78, 5) is 22.1. The molecule has 6 nitrogen and oxygen atoms in total. The third-order valence-corrected chi connectivity index (χ3v) is 6.74. The summed E-state index contributed by atoms with van der Waals surface area (Å²) in [5.74, 6) is -0.397. The first-order chi connectivity index (χ1) is 13.5. The summed E-state index contributed by atoms with van der Waals surface area (Å²) in [7, 11) is 0. The molecule has 1 aliphatic heterocycles. The molecule has 1 aliphatic rings. The molecule has 28 heavy (non-hydrogen) atoms. The number of anilines is 1. The van der Waals surface area contributed by atoms with Crippen molar-refractivity contribution in [3.05, 3.63) is 46.6 Å². The van der Waals surface area contributed by atoms with Crippen LogP contribution in [0, 0.1) is 5.82 Å². The van der Waals surface area contributed by atoms with Crippen LogP contribution in [-0.4, -0.2) is 45.5 Å². The van der Waals surface area contributed by atoms with Crippen LogP contribution in [0.2, 0.25) is 0 Å². The van der Waals surface area contributed by atoms with Crippen molar-refractivity contribution >= 4 is 48.2 Å². The van der Waals surface area contributed by atoms with Gasteiger partial charge in [-0.3, -0.25) is 4.79 Å². The molecule has 5 rings (SSSR count). The van der Waals surface area contributed by atoms with E-state index in [2.05, 4.69) is 9.88 Å². The maximum Gasteiger partial charge on any atom is 0.256 e. The Morgan fingerprint density at radius 3 is 2.75 bits per heavy atom. The Morgan fingerprint density at radius 1 is 1.21 bits per heavy atom. The lowest BCUT2D eigenvalue weighted by atomic mass is 9.93. The van der Waals surface area contributed by atoms with Crippen LogP contribution in [0.3, 0.4) is 0 Å². The Morgan fingerprint density at radius 2 is 2.00 bits per heavy atom. The normalized spacial score (nSPS) is 17.0. The number of nitrogens with one attached hydrogen (secondary N) is 1. The van der Waals surface area contributed by atoms with Gasteiger partial charge in [-0.25, -0.2) is 9.37 Å². The molecule has 144 valence electrons. The Labute approximate surface area is 162 Å². The quantitative estimate of drug-likeness (QED) is 0.451. The number of benzene rings is 2. The fourth-order valence-electron chi connectivity index (χ4n) is 3.95. The van der Waals surface area contributed by atoms with Crippen LogP contribution in [0.5, 0.6) is 0 Å². The van der Waals surface area contributed by atoms with Gasteiger partial charge in [0, 0.05) is 35.4 Å². The van der Waals surface area contributed by atoms with Gasteiger partial charge >= 0.3 is 0 Å². The van der Waals surface area contributed by atoms with E-state index in [1.807, 2.05) is 6.07 Å². The van der Waals surface area contributed by atoms with Gasteiger partial charge in [0.2, 0.25) is 0 Å². The number of halogens is 1. The third-order valence-electron chi connectivity index (χ3n) is 5.59. The van der Waals surface area contributed by atoms with E-state index in [1.165, 1.54) is 23.5 Å². The van der Waals surface area contributed by atoms with Crippen LogP contribution in [0.4, 0.5) is 9.52 Å². The molecule has 0 bridgehead atoms. The number of hydrogen-bond acceptors (Lipinski definition) is 6. The van der Waals surface area contributed by atoms with E-state index in [9.17, 15) is 19.4 Å². The Kier molecular flexibility index (Phi) is 3.90. The Bertz CT molecular complexity index is 1270. The minimum atomic E-state index is -1.03. The number of aliphatic hydroxyl groups excluding tert-OH is 1. The minimum absolute atomic E-state index is 0.246. The summed E-state index contributed by atoms with van der Waals surface area (Å²) >= 11 is 1.49. The molecule has 0 unspecified atom stereocenters. The third kappa shape index (κ3) is 2.60. The van der Waals surface area contributed by atoms with Gasteiger partial charge in [0.25, 0.3) is 5.56 Å². The Balaban J connectivity index is 1.74. The second-order valence-electron chi connectivity index (χ2n) is 7.33. The lowest BCUT2D eigenvalue weighted by Crippen LogP contribution is -2.46. The lowest BCUT2D eigenvalue weighted by Gasteiger charge is -2.36. The van der Waals surface area contributed by atoms with Crippen LogP contribution >= 0.6 is 11.3 Å². The maximum atomic E-state index is 13.9. The van der Waals surface area contributed by atoms with E-state index in [4.69, 9.17) is 4.98 Å². The zero-order valence-electron chi connectivity index (χ0n) is 14.9. The molecule has 3 heterocycles. The Hall–Kier alpha value is -2.55. The van der Waals surface area contributed by atoms with Crippen molar-refractivity contribution in [1.29, 1.82) is 0 Å². The summed E-state index contributed by atoms with van der Waals surface area (Å²) in [6.07, 6.45) is 2.52. The van der Waals surface area contributed by atoms with Crippen LogP contribution in [0.25, 0.3) is 31.8 Å². The van der Waals surface area contributed by atoms with Crippen LogP contribution in [0.15, 0.2) is 35.3 Å². The molecule has 1 fully saturated rings. The molecule has 3 N–H and O–H groups in total. The molecule has 0 atom stereocenters. The standard InChI is InChI=1S/C20H18FN3O3S/c21-11-1-2-12-14(9-11)15-13(3-6-22-18(15)26)17-16(12)23-19(28-17)24-7-4-20(27,10-25)5-8-24/h1-3,6,9,25,27H,4-5,7-8,10H2,(H,22,26).